The van der Waals surface area contributed by atoms with E-state index in [2.05, 4.69) is 78.9 Å². The third-order valence-corrected chi connectivity index (χ3v) is 6.90. The van der Waals surface area contributed by atoms with Crippen LogP contribution >= 0.6 is 0 Å². The normalized spacial score (nSPS) is 11.6. The number of ether oxygens (including phenoxy) is 2. The molecule has 0 unspecified atom stereocenters. The van der Waals surface area contributed by atoms with Crippen molar-refractivity contribution in [3.05, 3.63) is 78.4 Å². The van der Waals surface area contributed by atoms with Crippen LogP contribution in [0.3, 0.4) is 0 Å². The van der Waals surface area contributed by atoms with Crippen LogP contribution in [0.2, 0.25) is 0 Å². The Labute approximate surface area is 212 Å². The van der Waals surface area contributed by atoms with E-state index in [9.17, 15) is 0 Å². The lowest BCUT2D eigenvalue weighted by atomic mass is 10.1. The Morgan fingerprint density at radius 2 is 1.56 bits per heavy atom. The second-order valence-electron chi connectivity index (χ2n) is 9.11. The summed E-state index contributed by atoms with van der Waals surface area (Å²) in [6.07, 6.45) is 0. The second kappa shape index (κ2) is 10.5. The summed E-state index contributed by atoms with van der Waals surface area (Å²) in [6, 6.07) is 24.9. The van der Waals surface area contributed by atoms with E-state index in [0.717, 1.165) is 64.5 Å². The molecule has 0 bridgehead atoms. The predicted molar refractivity (Wildman–Crippen MR) is 147 cm³/mol. The summed E-state index contributed by atoms with van der Waals surface area (Å²) in [7, 11) is 4.08. The van der Waals surface area contributed by atoms with Crippen molar-refractivity contribution < 1.29 is 9.47 Å². The molecule has 2 aromatic heterocycles. The fraction of sp³-hybridized carbons (Fsp3) is 0.300. The fourth-order valence-corrected chi connectivity index (χ4v) is 4.72. The summed E-state index contributed by atoms with van der Waals surface area (Å²) in [6.45, 7) is 8.59. The standard InChI is InChI=1S/C30H34N4O2/c1-5-34(6-2)16-17-35-25-13-12-23-18-29(32(3)28(23)20-25)30-26-19-24(14-15-27(26)33(4)31-30)36-21-22-10-8-7-9-11-22/h7-15,18-20H,5-6,16-17,21H2,1-4H3. The average molecular weight is 483 g/mol. The number of nitrogens with zero attached hydrogens (tertiary/aromatic N) is 4. The van der Waals surface area contributed by atoms with Crippen LogP contribution in [0.25, 0.3) is 33.2 Å². The lowest BCUT2D eigenvalue weighted by Crippen LogP contribution is -2.27. The van der Waals surface area contributed by atoms with E-state index in [-0.39, 0.29) is 0 Å². The molecule has 186 valence electrons. The van der Waals surface area contributed by atoms with Gasteiger partial charge in [-0.3, -0.25) is 4.68 Å². The molecule has 0 spiro atoms. The highest BCUT2D eigenvalue weighted by molar-refractivity contribution is 5.97. The number of hydrogen-bond acceptors (Lipinski definition) is 4. The third kappa shape index (κ3) is 4.82. The van der Waals surface area contributed by atoms with Crippen molar-refractivity contribution in [3.63, 3.8) is 0 Å². The zero-order chi connectivity index (χ0) is 25.1. The van der Waals surface area contributed by atoms with Gasteiger partial charge >= 0.3 is 0 Å². The van der Waals surface area contributed by atoms with Gasteiger partial charge in [-0.05, 0) is 55.1 Å². The van der Waals surface area contributed by atoms with Gasteiger partial charge in [-0.25, -0.2) is 0 Å². The average Bonchev–Trinajstić information content (AvgIpc) is 3.41. The first kappa shape index (κ1) is 23.9. The van der Waals surface area contributed by atoms with Crippen LogP contribution in [0.5, 0.6) is 11.5 Å². The van der Waals surface area contributed by atoms with Crippen molar-refractivity contribution in [1.82, 2.24) is 19.2 Å². The molecule has 0 aliphatic rings. The van der Waals surface area contributed by atoms with Crippen LogP contribution in [0.1, 0.15) is 19.4 Å². The molecule has 0 saturated carbocycles. The minimum Gasteiger partial charge on any atom is -0.492 e. The molecule has 5 aromatic rings. The third-order valence-electron chi connectivity index (χ3n) is 6.90. The molecule has 36 heavy (non-hydrogen) atoms. The van der Waals surface area contributed by atoms with Gasteiger partial charge in [0, 0.05) is 37.5 Å². The maximum absolute atomic E-state index is 6.11. The highest BCUT2D eigenvalue weighted by atomic mass is 16.5. The summed E-state index contributed by atoms with van der Waals surface area (Å²) < 4.78 is 16.3. The summed E-state index contributed by atoms with van der Waals surface area (Å²) >= 11 is 0. The fourth-order valence-electron chi connectivity index (χ4n) is 4.72. The zero-order valence-electron chi connectivity index (χ0n) is 21.6. The predicted octanol–water partition coefficient (Wildman–Crippen LogP) is 6.03. The molecular weight excluding hydrogens is 448 g/mol. The molecule has 0 N–H and O–H groups in total. The zero-order valence-corrected chi connectivity index (χ0v) is 21.6. The van der Waals surface area contributed by atoms with E-state index in [1.165, 1.54) is 5.39 Å². The van der Waals surface area contributed by atoms with E-state index in [1.54, 1.807) is 0 Å². The number of likely N-dealkylation sites (N-methyl/N-ethyl adjacent to an activating group) is 1. The quantitative estimate of drug-likeness (QED) is 0.244. The molecule has 0 aliphatic carbocycles. The van der Waals surface area contributed by atoms with Crippen LogP contribution in [0.15, 0.2) is 72.8 Å². The van der Waals surface area contributed by atoms with E-state index in [1.807, 2.05) is 36.0 Å². The lowest BCUT2D eigenvalue weighted by Gasteiger charge is -2.18. The monoisotopic (exact) mass is 482 g/mol. The van der Waals surface area contributed by atoms with Gasteiger partial charge < -0.3 is 18.9 Å². The Hall–Kier alpha value is -3.77. The topological polar surface area (TPSA) is 44.4 Å². The van der Waals surface area contributed by atoms with Crippen molar-refractivity contribution in [2.24, 2.45) is 14.1 Å². The first-order chi connectivity index (χ1) is 17.6. The second-order valence-corrected chi connectivity index (χ2v) is 9.11. The number of aryl methyl sites for hydroxylation is 2. The van der Waals surface area contributed by atoms with Crippen molar-refractivity contribution in [1.29, 1.82) is 0 Å². The summed E-state index contributed by atoms with van der Waals surface area (Å²) in [5, 5.41) is 7.13. The summed E-state index contributed by atoms with van der Waals surface area (Å²) in [5.74, 6) is 1.73. The first-order valence-corrected chi connectivity index (χ1v) is 12.7. The van der Waals surface area contributed by atoms with Crippen LogP contribution in [-0.4, -0.2) is 45.5 Å². The molecule has 6 heteroatoms. The van der Waals surface area contributed by atoms with Crippen LogP contribution < -0.4 is 9.47 Å². The van der Waals surface area contributed by atoms with Gasteiger partial charge in [-0.1, -0.05) is 44.2 Å². The van der Waals surface area contributed by atoms with Gasteiger partial charge in [-0.2, -0.15) is 5.10 Å². The molecule has 0 aliphatic heterocycles. The van der Waals surface area contributed by atoms with E-state index < -0.39 is 0 Å². The maximum Gasteiger partial charge on any atom is 0.121 e. The number of aromatic nitrogens is 3. The van der Waals surface area contributed by atoms with Gasteiger partial charge in [0.25, 0.3) is 0 Å². The highest BCUT2D eigenvalue weighted by Gasteiger charge is 2.17. The number of benzene rings is 3. The molecule has 0 fully saturated rings. The van der Waals surface area contributed by atoms with Crippen LogP contribution in [-0.2, 0) is 20.7 Å². The minimum absolute atomic E-state index is 0.535. The molecular formula is C30H34N4O2. The Bertz CT molecular complexity index is 1470. The Kier molecular flexibility index (Phi) is 6.96. The first-order valence-electron chi connectivity index (χ1n) is 12.7. The highest BCUT2D eigenvalue weighted by Crippen LogP contribution is 2.34. The molecule has 0 saturated heterocycles. The van der Waals surface area contributed by atoms with Crippen molar-refractivity contribution in [2.45, 2.75) is 20.5 Å². The SMILES string of the molecule is CCN(CC)CCOc1ccc2cc(-c3nn(C)c4ccc(OCc5ccccc5)cc34)n(C)c2c1. The molecule has 0 atom stereocenters. The van der Waals surface area contributed by atoms with E-state index >= 15 is 0 Å². The summed E-state index contributed by atoms with van der Waals surface area (Å²) in [4.78, 5) is 2.36. The molecule has 0 radical (unpaired) electrons. The number of fused-ring (bicyclic) bond motifs is 2. The van der Waals surface area contributed by atoms with E-state index in [0.29, 0.717) is 13.2 Å². The molecule has 0 amide bonds. The molecule has 2 heterocycles. The van der Waals surface area contributed by atoms with Gasteiger partial charge in [0.1, 0.15) is 30.4 Å². The summed E-state index contributed by atoms with van der Waals surface area (Å²) in [5.41, 5.74) is 5.35. The van der Waals surface area contributed by atoms with Crippen molar-refractivity contribution in [3.8, 4) is 22.9 Å². The van der Waals surface area contributed by atoms with E-state index in [4.69, 9.17) is 14.6 Å². The van der Waals surface area contributed by atoms with Gasteiger partial charge in [0.2, 0.25) is 0 Å². The largest absolute Gasteiger partial charge is 0.492 e. The Balaban J connectivity index is 1.43. The smallest absolute Gasteiger partial charge is 0.121 e. The van der Waals surface area contributed by atoms with Crippen molar-refractivity contribution in [2.75, 3.05) is 26.2 Å². The van der Waals surface area contributed by atoms with Crippen LogP contribution in [0.4, 0.5) is 0 Å². The van der Waals surface area contributed by atoms with Crippen LogP contribution in [0, 0.1) is 0 Å². The Morgan fingerprint density at radius 3 is 2.33 bits per heavy atom. The number of rotatable bonds is 10. The maximum atomic E-state index is 6.11. The van der Waals surface area contributed by atoms with Gasteiger partial charge in [0.05, 0.1) is 16.7 Å². The lowest BCUT2D eigenvalue weighted by molar-refractivity contribution is 0.223. The Morgan fingerprint density at radius 1 is 0.806 bits per heavy atom. The van der Waals surface area contributed by atoms with Crippen molar-refractivity contribution >= 4 is 21.8 Å². The molecule has 3 aromatic carbocycles. The number of hydrogen-bond donors (Lipinski definition) is 0. The minimum atomic E-state index is 0.535. The van der Waals surface area contributed by atoms with Gasteiger partial charge in [0.15, 0.2) is 0 Å². The molecule has 6 nitrogen and oxygen atoms in total. The molecule has 5 rings (SSSR count). The van der Waals surface area contributed by atoms with Gasteiger partial charge in [-0.15, -0.1) is 0 Å².